The van der Waals surface area contributed by atoms with E-state index in [-0.39, 0.29) is 5.54 Å². The van der Waals surface area contributed by atoms with Gasteiger partial charge in [0.25, 0.3) is 0 Å². The van der Waals surface area contributed by atoms with Gasteiger partial charge in [0.2, 0.25) is 0 Å². The quantitative estimate of drug-likeness (QED) is 0.309. The Bertz CT molecular complexity index is 262. The Kier molecular flexibility index (Phi) is 22.3. The van der Waals surface area contributed by atoms with Crippen LogP contribution in [0.5, 0.6) is 0 Å². The third-order valence-corrected chi connectivity index (χ3v) is 6.74. The zero-order valence-electron chi connectivity index (χ0n) is 18.9. The molecule has 26 heavy (non-hydrogen) atoms. The second-order valence-electron chi connectivity index (χ2n) is 8.15. The van der Waals surface area contributed by atoms with Gasteiger partial charge in [0.05, 0.1) is 0 Å². The molecule has 2 rings (SSSR count). The molecule has 3 heteroatoms. The van der Waals surface area contributed by atoms with Crippen molar-refractivity contribution in [2.24, 2.45) is 15.2 Å². The summed E-state index contributed by atoms with van der Waals surface area (Å²) in [7, 11) is 3.50. The molecular weight excluding hydrogens is 397 g/mol. The minimum Gasteiger partial charge on any atom is -0.668 e. The maximum absolute atomic E-state index is 4.19. The number of hydrogen-bond donors (Lipinski definition) is 0. The molecule has 0 radical (unpaired) electrons. The molecule has 2 aliphatic carbocycles. The standard InChI is InChI=1S/2C8H15.C5H11N.C2H6N.Nb/c2*1-2-8-6-4-3-5-7-8;1-4-5(2,3)6;1-3-2;/h2*3,8H,2,4-7H2,1H3;4H2,1-3H3;1-2H3;/q2*-1;;-1;. The van der Waals surface area contributed by atoms with Crippen molar-refractivity contribution >= 4 is 0 Å². The fourth-order valence-electron chi connectivity index (χ4n) is 2.88. The third-order valence-electron chi connectivity index (χ3n) is 5.41. The Balaban J connectivity index is 0. The first kappa shape index (κ1) is 28.7. The molecule has 0 atom stereocenters. The molecule has 157 valence electrons. The molecule has 0 saturated heterocycles. The molecule has 2 fully saturated rings. The summed E-state index contributed by atoms with van der Waals surface area (Å²) >= 11 is 1.55. The van der Waals surface area contributed by atoms with E-state index in [4.69, 9.17) is 0 Å². The predicted molar refractivity (Wildman–Crippen MR) is 115 cm³/mol. The molecule has 0 unspecified atom stereocenters. The van der Waals surface area contributed by atoms with Gasteiger partial charge < -0.3 is 18.2 Å². The van der Waals surface area contributed by atoms with Crippen LogP contribution in [0, 0.1) is 24.7 Å². The van der Waals surface area contributed by atoms with Crippen molar-refractivity contribution in [2.45, 2.75) is 111 Å². The summed E-state index contributed by atoms with van der Waals surface area (Å²) in [6.07, 6.45) is 20.1. The zero-order valence-corrected chi connectivity index (χ0v) is 21.1. The van der Waals surface area contributed by atoms with Crippen molar-refractivity contribution in [1.29, 1.82) is 0 Å². The van der Waals surface area contributed by atoms with Crippen LogP contribution in [0.3, 0.4) is 0 Å². The number of hydrogen-bond acceptors (Lipinski definition) is 1. The third kappa shape index (κ3) is 19.3. The summed E-state index contributed by atoms with van der Waals surface area (Å²) in [5.41, 5.74) is 0.231. The van der Waals surface area contributed by atoms with Gasteiger partial charge in [-0.25, -0.2) is 0 Å². The number of nitrogens with zero attached hydrogens (tertiary/aromatic N) is 2. The van der Waals surface area contributed by atoms with Crippen molar-refractivity contribution in [3.63, 3.8) is 0 Å². The van der Waals surface area contributed by atoms with E-state index in [0.717, 1.165) is 18.3 Å². The van der Waals surface area contributed by atoms with E-state index in [1.54, 1.807) is 35.0 Å². The largest absolute Gasteiger partial charge is 0.668 e. The van der Waals surface area contributed by atoms with Crippen LogP contribution in [0.15, 0.2) is 3.34 Å². The Morgan fingerprint density at radius 1 is 0.846 bits per heavy atom. The maximum Gasteiger partial charge on any atom is -0.0465 e. The summed E-state index contributed by atoms with van der Waals surface area (Å²) in [5.74, 6) is 2.11. The smallest absolute Gasteiger partial charge is 0.0465 e. The SMILES string of the molecule is CCC(C)(C)[N]=[Nb].CCC1CC[CH-]CC1.CCC1CC[CH-]CC1.C[N-]C. The average molecular weight is 445 g/mol. The van der Waals surface area contributed by atoms with Crippen molar-refractivity contribution in [3.05, 3.63) is 18.2 Å². The Hall–Kier alpha value is 0.500. The van der Waals surface area contributed by atoms with Crippen LogP contribution in [0.25, 0.3) is 5.32 Å². The molecule has 2 saturated carbocycles. The Morgan fingerprint density at radius 2 is 1.15 bits per heavy atom. The van der Waals surface area contributed by atoms with Gasteiger partial charge in [-0.3, -0.25) is 0 Å². The Labute approximate surface area is 178 Å². The first-order valence-electron chi connectivity index (χ1n) is 10.9. The molecule has 0 spiro atoms. The normalized spacial score (nSPS) is 18.2. The summed E-state index contributed by atoms with van der Waals surface area (Å²) in [6.45, 7) is 11.0. The van der Waals surface area contributed by atoms with E-state index < -0.39 is 0 Å². The van der Waals surface area contributed by atoms with E-state index in [9.17, 15) is 0 Å². The molecule has 0 bridgehead atoms. The summed E-state index contributed by atoms with van der Waals surface area (Å²) in [5, 5.41) is 3.50. The monoisotopic (exact) mass is 444 g/mol. The minimum atomic E-state index is 0.231. The van der Waals surface area contributed by atoms with Crippen LogP contribution in [0.1, 0.15) is 105 Å². The van der Waals surface area contributed by atoms with Crippen LogP contribution < -0.4 is 0 Å². The van der Waals surface area contributed by atoms with Gasteiger partial charge in [-0.1, -0.05) is 52.4 Å². The van der Waals surface area contributed by atoms with Gasteiger partial charge in [-0.05, 0) is 11.8 Å². The van der Waals surface area contributed by atoms with Crippen molar-refractivity contribution < 1.29 is 20.9 Å². The van der Waals surface area contributed by atoms with Crippen LogP contribution >= 0.6 is 0 Å². The molecular formula is C23H47N2Nb-3. The van der Waals surface area contributed by atoms with E-state index >= 15 is 0 Å². The van der Waals surface area contributed by atoms with Crippen molar-refractivity contribution in [3.8, 4) is 0 Å². The van der Waals surface area contributed by atoms with E-state index in [1.807, 2.05) is 0 Å². The zero-order chi connectivity index (χ0) is 20.3. The Morgan fingerprint density at radius 3 is 1.27 bits per heavy atom. The van der Waals surface area contributed by atoms with E-state index in [2.05, 4.69) is 56.1 Å². The second-order valence-corrected chi connectivity index (χ2v) is 8.64. The van der Waals surface area contributed by atoms with Crippen molar-refractivity contribution in [1.82, 2.24) is 0 Å². The molecule has 0 aromatic carbocycles. The van der Waals surface area contributed by atoms with Crippen LogP contribution in [0.2, 0.25) is 0 Å². The summed E-state index contributed by atoms with van der Waals surface area (Å²) < 4.78 is 4.19. The number of rotatable bonds is 4. The van der Waals surface area contributed by atoms with Gasteiger partial charge in [-0.15, -0.1) is 0 Å². The van der Waals surface area contributed by atoms with Gasteiger partial charge >= 0.3 is 57.0 Å². The topological polar surface area (TPSA) is 26.5 Å². The van der Waals surface area contributed by atoms with E-state index in [1.165, 1.54) is 64.2 Å². The molecule has 0 aromatic rings. The first-order valence-corrected chi connectivity index (χ1v) is 11.9. The molecule has 2 nitrogen and oxygen atoms in total. The molecule has 0 N–H and O–H groups in total. The van der Waals surface area contributed by atoms with Gasteiger partial charge in [0, 0.05) is 0 Å². The fraction of sp³-hybridized carbons (Fsp3) is 0.913. The van der Waals surface area contributed by atoms with Crippen LogP contribution in [-0.4, -0.2) is 19.6 Å². The predicted octanol–water partition coefficient (Wildman–Crippen LogP) is 8.11. The first-order chi connectivity index (χ1) is 12.4. The molecule has 0 heterocycles. The van der Waals surface area contributed by atoms with Crippen molar-refractivity contribution in [2.75, 3.05) is 14.1 Å². The average Bonchev–Trinajstić information content (AvgIpc) is 2.71. The molecule has 0 aliphatic heterocycles. The molecule has 0 amide bonds. The van der Waals surface area contributed by atoms with Gasteiger partial charge in [0.1, 0.15) is 0 Å². The van der Waals surface area contributed by atoms with Crippen LogP contribution in [-0.2, 0) is 20.9 Å². The molecule has 2 aliphatic rings. The van der Waals surface area contributed by atoms with Crippen LogP contribution in [0.4, 0.5) is 0 Å². The molecule has 0 aromatic heterocycles. The minimum absolute atomic E-state index is 0.231. The maximum atomic E-state index is 4.19. The van der Waals surface area contributed by atoms with Gasteiger partial charge in [0.15, 0.2) is 0 Å². The summed E-state index contributed by atoms with van der Waals surface area (Å²) in [6, 6.07) is 0. The van der Waals surface area contributed by atoms with Gasteiger partial charge in [-0.2, -0.15) is 39.8 Å². The second kappa shape index (κ2) is 20.2. The van der Waals surface area contributed by atoms with E-state index in [0.29, 0.717) is 0 Å². The fourth-order valence-corrected chi connectivity index (χ4v) is 3.23. The summed E-state index contributed by atoms with van der Waals surface area (Å²) in [4.78, 5) is 0.